The molecule has 2 aliphatic carbocycles. The summed E-state index contributed by atoms with van der Waals surface area (Å²) in [6, 6.07) is 21.8. The third kappa shape index (κ3) is 3.43. The molecule has 0 aliphatic heterocycles. The predicted octanol–water partition coefficient (Wildman–Crippen LogP) is 5.11. The summed E-state index contributed by atoms with van der Waals surface area (Å²) in [5, 5.41) is 4.41. The number of para-hydroxylation sites is 1. The minimum absolute atomic E-state index is 0.00536. The molecular formula is C28H25N5O. The van der Waals surface area contributed by atoms with E-state index in [9.17, 15) is 4.79 Å². The third-order valence-electron chi connectivity index (χ3n) is 7.07. The van der Waals surface area contributed by atoms with E-state index in [1.54, 1.807) is 23.2 Å². The van der Waals surface area contributed by atoms with Crippen molar-refractivity contribution in [2.75, 3.05) is 5.43 Å². The van der Waals surface area contributed by atoms with E-state index in [-0.39, 0.29) is 11.0 Å². The van der Waals surface area contributed by atoms with Crippen LogP contribution in [0.3, 0.4) is 0 Å². The summed E-state index contributed by atoms with van der Waals surface area (Å²) >= 11 is 0. The lowest BCUT2D eigenvalue weighted by Gasteiger charge is -2.36. The Morgan fingerprint density at radius 3 is 2.47 bits per heavy atom. The zero-order chi connectivity index (χ0) is 23.0. The predicted molar refractivity (Wildman–Crippen MR) is 135 cm³/mol. The maximum atomic E-state index is 14.3. The van der Waals surface area contributed by atoms with Gasteiger partial charge in [0.2, 0.25) is 5.95 Å². The minimum Gasteiger partial charge on any atom is -0.268 e. The molecule has 0 amide bonds. The standard InChI is InChI=1S/C28H25N5O/c34-26-24-25(23-11-5-4-8-21(23)18-28(24)14-6-7-15-28)31-27(33(26)22-9-2-1-3-10-22)32-30-19-20-12-16-29-17-13-20/h1-5,8-13,16-17,19H,6-7,14-15,18H2,(H,31,32). The Morgan fingerprint density at radius 2 is 1.68 bits per heavy atom. The summed E-state index contributed by atoms with van der Waals surface area (Å²) in [5.74, 6) is 0.408. The van der Waals surface area contributed by atoms with Gasteiger partial charge in [0.25, 0.3) is 5.56 Å². The normalized spacial score (nSPS) is 15.9. The van der Waals surface area contributed by atoms with Crippen LogP contribution in [0.15, 0.2) is 89.0 Å². The highest BCUT2D eigenvalue weighted by Crippen LogP contribution is 2.50. The highest BCUT2D eigenvalue weighted by molar-refractivity contribution is 5.80. The summed E-state index contributed by atoms with van der Waals surface area (Å²) in [6.45, 7) is 0. The van der Waals surface area contributed by atoms with E-state index in [1.165, 1.54) is 5.56 Å². The number of fused-ring (bicyclic) bond motifs is 4. The molecule has 6 heteroatoms. The smallest absolute Gasteiger partial charge is 0.263 e. The minimum atomic E-state index is -0.150. The van der Waals surface area contributed by atoms with Crippen LogP contribution in [0.25, 0.3) is 16.9 Å². The van der Waals surface area contributed by atoms with Crippen LogP contribution in [0.1, 0.15) is 42.4 Å². The molecule has 1 saturated carbocycles. The first-order valence-electron chi connectivity index (χ1n) is 11.8. The summed E-state index contributed by atoms with van der Waals surface area (Å²) in [6.07, 6.45) is 10.4. The maximum Gasteiger partial charge on any atom is 0.263 e. The third-order valence-corrected chi connectivity index (χ3v) is 7.07. The lowest BCUT2D eigenvalue weighted by atomic mass is 9.68. The lowest BCUT2D eigenvalue weighted by molar-refractivity contribution is 0.425. The molecule has 0 saturated heterocycles. The van der Waals surface area contributed by atoms with Gasteiger partial charge in [0.05, 0.1) is 23.2 Å². The van der Waals surface area contributed by atoms with Crippen molar-refractivity contribution in [3.05, 3.63) is 106 Å². The molecule has 34 heavy (non-hydrogen) atoms. The average Bonchev–Trinajstić information content (AvgIpc) is 3.33. The SMILES string of the molecule is O=c1c2c(nc(NN=Cc3ccncc3)n1-c1ccccc1)-c1ccccc1CC21CCCC1. The molecule has 2 aromatic heterocycles. The molecule has 0 atom stereocenters. The van der Waals surface area contributed by atoms with E-state index in [2.05, 4.69) is 33.7 Å². The number of hydrogen-bond acceptors (Lipinski definition) is 5. The Hall–Kier alpha value is -4.06. The largest absolute Gasteiger partial charge is 0.268 e. The van der Waals surface area contributed by atoms with Crippen LogP contribution in [0, 0.1) is 0 Å². The Morgan fingerprint density at radius 1 is 0.941 bits per heavy atom. The summed E-state index contributed by atoms with van der Waals surface area (Å²) in [7, 11) is 0. The van der Waals surface area contributed by atoms with Gasteiger partial charge in [-0.25, -0.2) is 15.0 Å². The van der Waals surface area contributed by atoms with E-state index in [1.807, 2.05) is 48.5 Å². The van der Waals surface area contributed by atoms with E-state index in [0.717, 1.165) is 60.2 Å². The van der Waals surface area contributed by atoms with Gasteiger partial charge in [-0.1, -0.05) is 55.3 Å². The van der Waals surface area contributed by atoms with Gasteiger partial charge in [-0.05, 0) is 54.7 Å². The van der Waals surface area contributed by atoms with Gasteiger partial charge in [-0.15, -0.1) is 0 Å². The highest BCUT2D eigenvalue weighted by atomic mass is 16.1. The molecule has 1 N–H and O–H groups in total. The van der Waals surface area contributed by atoms with Crippen LogP contribution in [0.2, 0.25) is 0 Å². The Balaban J connectivity index is 1.57. The number of benzene rings is 2. The van der Waals surface area contributed by atoms with Crippen molar-refractivity contribution in [2.45, 2.75) is 37.5 Å². The molecule has 0 radical (unpaired) electrons. The average molecular weight is 448 g/mol. The molecule has 6 nitrogen and oxygen atoms in total. The Bertz CT molecular complexity index is 1420. The van der Waals surface area contributed by atoms with Gasteiger partial charge in [0.15, 0.2) is 0 Å². The molecule has 2 aliphatic rings. The van der Waals surface area contributed by atoms with Crippen molar-refractivity contribution in [1.29, 1.82) is 0 Å². The first-order chi connectivity index (χ1) is 16.8. The van der Waals surface area contributed by atoms with Crippen molar-refractivity contribution in [2.24, 2.45) is 5.10 Å². The highest BCUT2D eigenvalue weighted by Gasteiger charge is 2.44. The second-order valence-corrected chi connectivity index (χ2v) is 9.11. The van der Waals surface area contributed by atoms with Crippen molar-refractivity contribution < 1.29 is 0 Å². The van der Waals surface area contributed by atoms with Crippen LogP contribution in [0.5, 0.6) is 0 Å². The lowest BCUT2D eigenvalue weighted by Crippen LogP contribution is -2.40. The first-order valence-corrected chi connectivity index (χ1v) is 11.8. The van der Waals surface area contributed by atoms with Gasteiger partial charge >= 0.3 is 0 Å². The molecular weight excluding hydrogens is 422 g/mol. The molecule has 1 fully saturated rings. The fourth-order valence-electron chi connectivity index (χ4n) is 5.54. The Kier molecular flexibility index (Phi) is 5.06. The number of anilines is 1. The van der Waals surface area contributed by atoms with Crippen LogP contribution < -0.4 is 11.0 Å². The fourth-order valence-corrected chi connectivity index (χ4v) is 5.54. The van der Waals surface area contributed by atoms with Crippen LogP contribution in [0.4, 0.5) is 5.95 Å². The van der Waals surface area contributed by atoms with Crippen molar-refractivity contribution in [1.82, 2.24) is 14.5 Å². The molecule has 168 valence electrons. The molecule has 0 bridgehead atoms. The van der Waals surface area contributed by atoms with Crippen molar-refractivity contribution >= 4 is 12.2 Å². The molecule has 2 aromatic carbocycles. The zero-order valence-corrected chi connectivity index (χ0v) is 18.8. The van der Waals surface area contributed by atoms with Crippen molar-refractivity contribution in [3.8, 4) is 16.9 Å². The van der Waals surface area contributed by atoms with Gasteiger partial charge < -0.3 is 0 Å². The van der Waals surface area contributed by atoms with E-state index in [0.29, 0.717) is 5.95 Å². The Labute approximate surface area is 198 Å². The molecule has 2 heterocycles. The number of hydrogen-bond donors (Lipinski definition) is 1. The molecule has 0 unspecified atom stereocenters. The summed E-state index contributed by atoms with van der Waals surface area (Å²) in [4.78, 5) is 23.4. The second-order valence-electron chi connectivity index (χ2n) is 9.11. The van der Waals surface area contributed by atoms with Gasteiger partial charge in [-0.3, -0.25) is 9.78 Å². The monoisotopic (exact) mass is 447 g/mol. The molecule has 6 rings (SSSR count). The quantitative estimate of drug-likeness (QED) is 0.349. The van der Waals surface area contributed by atoms with Crippen molar-refractivity contribution in [3.63, 3.8) is 0 Å². The van der Waals surface area contributed by atoms with E-state index >= 15 is 0 Å². The number of nitrogens with zero attached hydrogens (tertiary/aromatic N) is 4. The van der Waals surface area contributed by atoms with Gasteiger partial charge in [-0.2, -0.15) is 5.10 Å². The van der Waals surface area contributed by atoms with Gasteiger partial charge in [0, 0.05) is 23.4 Å². The summed E-state index contributed by atoms with van der Waals surface area (Å²) < 4.78 is 1.68. The van der Waals surface area contributed by atoms with Crippen LogP contribution in [-0.2, 0) is 11.8 Å². The number of aromatic nitrogens is 3. The summed E-state index contributed by atoms with van der Waals surface area (Å²) in [5.41, 5.74) is 8.56. The number of hydrazone groups is 1. The van der Waals surface area contributed by atoms with Gasteiger partial charge in [0.1, 0.15) is 0 Å². The van der Waals surface area contributed by atoms with E-state index in [4.69, 9.17) is 4.98 Å². The molecule has 1 spiro atoms. The van der Waals surface area contributed by atoms with Crippen LogP contribution >= 0.6 is 0 Å². The van der Waals surface area contributed by atoms with Crippen LogP contribution in [-0.4, -0.2) is 20.7 Å². The zero-order valence-electron chi connectivity index (χ0n) is 18.8. The number of pyridine rings is 1. The second kappa shape index (κ2) is 8.37. The maximum absolute atomic E-state index is 14.3. The van der Waals surface area contributed by atoms with E-state index < -0.39 is 0 Å². The first kappa shape index (κ1) is 20.5. The fraction of sp³-hybridized carbons (Fsp3) is 0.214. The number of nitrogens with one attached hydrogen (secondary N) is 1. The molecule has 4 aromatic rings. The number of rotatable bonds is 4. The topological polar surface area (TPSA) is 72.2 Å².